The van der Waals surface area contributed by atoms with E-state index >= 15 is 0 Å². The van der Waals surface area contributed by atoms with E-state index in [9.17, 15) is 22.8 Å². The first-order valence-corrected chi connectivity index (χ1v) is 13.4. The molecular formula is C24H22Cl2N6O7S. The quantitative estimate of drug-likeness (QED) is 0.193. The standard InChI is InChI=1S/C16H14N6O3.C8H7ClO4S.ClH/c17-9-5-18-14-13(9)20-7-21-15(14)16(24)19-4-8-1-2-11-10(3-8)22-12(23)6-25-11;1-13-8(10)6-4-2-3-5-7(6)14(9,11)12;/h1-3,5,7,18H,4,6,17H2,(H,19,24)(H,22,23);2-5H,1H3;1H. The van der Waals surface area contributed by atoms with Crippen molar-refractivity contribution in [1.29, 1.82) is 0 Å². The number of rotatable bonds is 5. The number of H-pyrrole nitrogens is 1. The maximum absolute atomic E-state index is 12.4. The van der Waals surface area contributed by atoms with Crippen molar-refractivity contribution in [3.05, 3.63) is 71.8 Å². The SMILES string of the molecule is COC(=O)c1ccccc1S(=O)(=O)Cl.Cl.Nc1c[nH]c2c(C(=O)NCc3ccc4c(c3)NC(=O)CO4)ncnc12. The third-order valence-corrected chi connectivity index (χ3v) is 6.77. The summed E-state index contributed by atoms with van der Waals surface area (Å²) in [6.07, 6.45) is 2.87. The predicted octanol–water partition coefficient (Wildman–Crippen LogP) is 2.62. The summed E-state index contributed by atoms with van der Waals surface area (Å²) in [5.74, 6) is -0.687. The number of fused-ring (bicyclic) bond motifs is 2. The summed E-state index contributed by atoms with van der Waals surface area (Å²) in [5.41, 5.74) is 8.80. The number of carbonyl (C=O) groups is 3. The number of ether oxygens (including phenoxy) is 2. The number of halogens is 2. The summed E-state index contributed by atoms with van der Waals surface area (Å²) in [4.78, 5) is 45.7. The molecule has 0 atom stereocenters. The van der Waals surface area contributed by atoms with Crippen molar-refractivity contribution < 1.29 is 32.3 Å². The largest absolute Gasteiger partial charge is 0.482 e. The van der Waals surface area contributed by atoms with Gasteiger partial charge in [0.1, 0.15) is 17.6 Å². The molecule has 2 amide bonds. The summed E-state index contributed by atoms with van der Waals surface area (Å²) < 4.78 is 31.8. The van der Waals surface area contributed by atoms with Crippen LogP contribution in [0, 0.1) is 0 Å². The zero-order valence-corrected chi connectivity index (χ0v) is 23.0. The van der Waals surface area contributed by atoms with Gasteiger partial charge in [0.15, 0.2) is 12.3 Å². The van der Waals surface area contributed by atoms with Crippen molar-refractivity contribution >= 4 is 72.3 Å². The number of nitrogens with zero attached hydrogens (tertiary/aromatic N) is 2. The van der Waals surface area contributed by atoms with Gasteiger partial charge in [0.25, 0.3) is 20.9 Å². The lowest BCUT2D eigenvalue weighted by atomic mass is 10.1. The minimum atomic E-state index is -3.92. The minimum absolute atomic E-state index is 0. The molecule has 210 valence electrons. The molecule has 0 radical (unpaired) electrons. The number of nitrogens with one attached hydrogen (secondary N) is 3. The second-order valence-electron chi connectivity index (χ2n) is 7.97. The predicted molar refractivity (Wildman–Crippen MR) is 148 cm³/mol. The maximum atomic E-state index is 12.4. The number of amides is 2. The number of aromatic amines is 1. The Morgan fingerprint density at radius 1 is 1.20 bits per heavy atom. The number of anilines is 2. The Kier molecular flexibility index (Phi) is 9.52. The van der Waals surface area contributed by atoms with E-state index in [1.807, 2.05) is 6.07 Å². The number of benzene rings is 2. The van der Waals surface area contributed by atoms with E-state index in [0.717, 1.165) is 5.56 Å². The molecule has 0 bridgehead atoms. The van der Waals surface area contributed by atoms with Crippen molar-refractivity contribution in [2.75, 3.05) is 24.8 Å². The minimum Gasteiger partial charge on any atom is -0.482 e. The first-order chi connectivity index (χ1) is 18.6. The van der Waals surface area contributed by atoms with Crippen LogP contribution in [0.2, 0.25) is 0 Å². The zero-order valence-electron chi connectivity index (χ0n) is 20.6. The van der Waals surface area contributed by atoms with Crippen molar-refractivity contribution in [2.45, 2.75) is 11.4 Å². The lowest BCUT2D eigenvalue weighted by Gasteiger charge is -2.18. The molecule has 0 saturated carbocycles. The smallest absolute Gasteiger partial charge is 0.339 e. The average Bonchev–Trinajstić information content (AvgIpc) is 3.31. The highest BCUT2D eigenvalue weighted by Crippen LogP contribution is 2.28. The van der Waals surface area contributed by atoms with E-state index in [1.54, 1.807) is 18.3 Å². The number of methoxy groups -OCH3 is 1. The molecule has 0 fully saturated rings. The van der Waals surface area contributed by atoms with Crippen molar-refractivity contribution in [3.8, 4) is 5.75 Å². The first-order valence-electron chi connectivity index (χ1n) is 11.1. The van der Waals surface area contributed by atoms with Gasteiger partial charge in [-0.1, -0.05) is 18.2 Å². The monoisotopic (exact) mass is 608 g/mol. The fourth-order valence-electron chi connectivity index (χ4n) is 3.60. The van der Waals surface area contributed by atoms with Gasteiger partial charge in [-0.15, -0.1) is 12.4 Å². The number of hydrogen-bond acceptors (Lipinski definition) is 10. The van der Waals surface area contributed by atoms with Crippen LogP contribution in [0.4, 0.5) is 11.4 Å². The maximum Gasteiger partial charge on any atom is 0.339 e. The second-order valence-corrected chi connectivity index (χ2v) is 10.5. The number of carbonyl (C=O) groups excluding carboxylic acids is 3. The Morgan fingerprint density at radius 2 is 1.95 bits per heavy atom. The molecule has 1 aliphatic heterocycles. The molecule has 13 nitrogen and oxygen atoms in total. The third kappa shape index (κ3) is 6.77. The Morgan fingerprint density at radius 3 is 2.67 bits per heavy atom. The average molecular weight is 609 g/mol. The molecule has 4 aromatic rings. The number of hydrogen-bond donors (Lipinski definition) is 4. The Balaban J connectivity index is 0.000000253. The molecule has 0 saturated heterocycles. The highest BCUT2D eigenvalue weighted by molar-refractivity contribution is 8.13. The van der Waals surface area contributed by atoms with Gasteiger partial charge < -0.3 is 30.8 Å². The van der Waals surface area contributed by atoms with Crippen molar-refractivity contribution in [1.82, 2.24) is 20.3 Å². The van der Waals surface area contributed by atoms with Gasteiger partial charge in [-0.2, -0.15) is 0 Å². The van der Waals surface area contributed by atoms with Crippen LogP contribution in [-0.2, 0) is 25.1 Å². The summed E-state index contributed by atoms with van der Waals surface area (Å²) in [5, 5.41) is 5.52. The van der Waals surface area contributed by atoms with Crippen molar-refractivity contribution in [3.63, 3.8) is 0 Å². The Bertz CT molecular complexity index is 1690. The molecule has 3 heterocycles. The van der Waals surface area contributed by atoms with Gasteiger partial charge in [0.05, 0.1) is 34.5 Å². The number of nitrogen functional groups attached to an aromatic ring is 1. The van der Waals surface area contributed by atoms with Gasteiger partial charge in [-0.3, -0.25) is 9.59 Å². The van der Waals surface area contributed by atoms with Gasteiger partial charge in [0.2, 0.25) is 0 Å². The summed E-state index contributed by atoms with van der Waals surface area (Å²) >= 11 is 0. The molecule has 2 aromatic heterocycles. The Labute approximate surface area is 238 Å². The number of nitrogens with two attached hydrogens (primary N) is 1. The lowest BCUT2D eigenvalue weighted by Crippen LogP contribution is -2.26. The molecule has 5 rings (SSSR count). The van der Waals surface area contributed by atoms with E-state index in [2.05, 4.69) is 30.3 Å². The van der Waals surface area contributed by atoms with Crippen LogP contribution in [0.5, 0.6) is 5.75 Å². The third-order valence-electron chi connectivity index (χ3n) is 5.39. The number of aromatic nitrogens is 3. The van der Waals surface area contributed by atoms with E-state index in [-0.39, 0.29) is 53.5 Å². The summed E-state index contributed by atoms with van der Waals surface area (Å²) in [7, 11) is 2.38. The Hall–Kier alpha value is -4.40. The molecule has 1 aliphatic rings. The zero-order chi connectivity index (χ0) is 28.2. The molecule has 40 heavy (non-hydrogen) atoms. The highest BCUT2D eigenvalue weighted by atomic mass is 35.7. The van der Waals surface area contributed by atoms with E-state index in [0.29, 0.717) is 28.2 Å². The summed E-state index contributed by atoms with van der Waals surface area (Å²) in [6.45, 7) is 0.274. The lowest BCUT2D eigenvalue weighted by molar-refractivity contribution is -0.118. The fraction of sp³-hybridized carbons (Fsp3) is 0.125. The fourth-order valence-corrected chi connectivity index (χ4v) is 4.65. The van der Waals surface area contributed by atoms with Crippen LogP contribution in [0.3, 0.4) is 0 Å². The molecule has 16 heteroatoms. The number of esters is 1. The topological polar surface area (TPSA) is 195 Å². The van der Waals surface area contributed by atoms with Crippen LogP contribution >= 0.6 is 23.1 Å². The van der Waals surface area contributed by atoms with E-state index in [4.69, 9.17) is 21.2 Å². The van der Waals surface area contributed by atoms with Crippen LogP contribution in [0.25, 0.3) is 11.0 Å². The second kappa shape index (κ2) is 12.6. The normalized spacial score (nSPS) is 12.0. The molecule has 2 aromatic carbocycles. The molecular weight excluding hydrogens is 587 g/mol. The van der Waals surface area contributed by atoms with Gasteiger partial charge in [0, 0.05) is 23.4 Å². The van der Waals surface area contributed by atoms with Gasteiger partial charge >= 0.3 is 5.97 Å². The van der Waals surface area contributed by atoms with Crippen LogP contribution < -0.4 is 21.1 Å². The first kappa shape index (κ1) is 30.1. The molecule has 0 aliphatic carbocycles. The van der Waals surface area contributed by atoms with Crippen LogP contribution in [-0.4, -0.2) is 54.9 Å². The molecule has 0 spiro atoms. The van der Waals surface area contributed by atoms with Gasteiger partial charge in [-0.25, -0.2) is 23.2 Å². The van der Waals surface area contributed by atoms with E-state index in [1.165, 1.54) is 37.7 Å². The summed E-state index contributed by atoms with van der Waals surface area (Å²) in [6, 6.07) is 10.9. The van der Waals surface area contributed by atoms with Crippen LogP contribution in [0.15, 0.2) is 59.9 Å². The van der Waals surface area contributed by atoms with Gasteiger partial charge in [-0.05, 0) is 29.8 Å². The molecule has 0 unspecified atom stereocenters. The van der Waals surface area contributed by atoms with Crippen molar-refractivity contribution in [2.24, 2.45) is 0 Å². The highest BCUT2D eigenvalue weighted by Gasteiger charge is 2.20. The molecule has 5 N–H and O–H groups in total. The van der Waals surface area contributed by atoms with E-state index < -0.39 is 15.0 Å². The van der Waals surface area contributed by atoms with Crippen LogP contribution in [0.1, 0.15) is 26.4 Å².